The molecule has 0 heterocycles. The van der Waals surface area contributed by atoms with Crippen LogP contribution in [-0.2, 0) is 0 Å². The van der Waals surface area contributed by atoms with Crippen molar-refractivity contribution in [2.24, 2.45) is 5.92 Å². The molecule has 0 radical (unpaired) electrons. The maximum absolute atomic E-state index is 12.5. The molecule has 0 unspecified atom stereocenters. The summed E-state index contributed by atoms with van der Waals surface area (Å²) in [4.78, 5) is 37.1. The van der Waals surface area contributed by atoms with E-state index in [1.54, 1.807) is 42.5 Å². The molecule has 0 atom stereocenters. The number of hydrogen-bond donors (Lipinski definition) is 0. The Labute approximate surface area is 121 Å². The second kappa shape index (κ2) is 4.98. The summed E-state index contributed by atoms with van der Waals surface area (Å²) in [5.41, 5.74) is 0.946. The molecule has 0 saturated carbocycles. The Balaban J connectivity index is 2.00. The molecule has 2 aromatic carbocycles. The lowest BCUT2D eigenvalue weighted by Crippen LogP contribution is -2.25. The average Bonchev–Trinajstić information content (AvgIpc) is 2.79. The van der Waals surface area contributed by atoms with Gasteiger partial charge in [-0.1, -0.05) is 36.4 Å². The first kappa shape index (κ1) is 13.2. The highest BCUT2D eigenvalue weighted by atomic mass is 16.5. The zero-order chi connectivity index (χ0) is 15.0. The Bertz CT molecular complexity index is 726. The fraction of sp³-hybridized carbons (Fsp3) is 0.118. The van der Waals surface area contributed by atoms with Gasteiger partial charge in [-0.2, -0.15) is 0 Å². The quantitative estimate of drug-likeness (QED) is 0.640. The fourth-order valence-electron chi connectivity index (χ4n) is 2.52. The van der Waals surface area contributed by atoms with E-state index in [0.29, 0.717) is 22.4 Å². The molecule has 1 aliphatic rings. The average molecular weight is 280 g/mol. The third-order valence-corrected chi connectivity index (χ3v) is 3.60. The van der Waals surface area contributed by atoms with Crippen LogP contribution >= 0.6 is 0 Å². The third kappa shape index (κ3) is 2.05. The first-order valence-electron chi connectivity index (χ1n) is 6.49. The molecule has 104 valence electrons. The lowest BCUT2D eigenvalue weighted by atomic mass is 9.93. The number of ether oxygens (including phenoxy) is 1. The van der Waals surface area contributed by atoms with E-state index in [1.165, 1.54) is 13.2 Å². The molecule has 4 nitrogen and oxygen atoms in total. The number of ketones is 3. The molecule has 4 heteroatoms. The minimum Gasteiger partial charge on any atom is -0.497 e. The van der Waals surface area contributed by atoms with Crippen LogP contribution in [0.3, 0.4) is 0 Å². The second-order valence-corrected chi connectivity index (χ2v) is 4.80. The van der Waals surface area contributed by atoms with Crippen molar-refractivity contribution in [1.82, 2.24) is 0 Å². The number of Topliss-reactive ketones (excluding diaryl/α,β-unsaturated/α-hetero) is 3. The van der Waals surface area contributed by atoms with Gasteiger partial charge in [-0.05, 0) is 12.1 Å². The van der Waals surface area contributed by atoms with Gasteiger partial charge in [0.05, 0.1) is 7.11 Å². The summed E-state index contributed by atoms with van der Waals surface area (Å²) in [6.07, 6.45) is 0. The van der Waals surface area contributed by atoms with Crippen molar-refractivity contribution >= 4 is 17.3 Å². The molecule has 0 bridgehead atoms. The molecule has 1 aliphatic carbocycles. The van der Waals surface area contributed by atoms with Gasteiger partial charge in [0, 0.05) is 16.7 Å². The Morgan fingerprint density at radius 3 is 2.14 bits per heavy atom. The van der Waals surface area contributed by atoms with Gasteiger partial charge in [0.2, 0.25) is 0 Å². The summed E-state index contributed by atoms with van der Waals surface area (Å²) >= 11 is 0. The van der Waals surface area contributed by atoms with Gasteiger partial charge < -0.3 is 4.74 Å². The minimum atomic E-state index is -1.27. The second-order valence-electron chi connectivity index (χ2n) is 4.80. The van der Waals surface area contributed by atoms with Crippen LogP contribution < -0.4 is 4.74 Å². The zero-order valence-corrected chi connectivity index (χ0v) is 11.3. The Kier molecular flexibility index (Phi) is 3.14. The summed E-state index contributed by atoms with van der Waals surface area (Å²) < 4.78 is 5.06. The van der Waals surface area contributed by atoms with E-state index in [0.717, 1.165) is 0 Å². The molecule has 21 heavy (non-hydrogen) atoms. The fourth-order valence-corrected chi connectivity index (χ4v) is 2.52. The summed E-state index contributed by atoms with van der Waals surface area (Å²) in [7, 11) is 1.49. The Morgan fingerprint density at radius 1 is 0.952 bits per heavy atom. The molecule has 3 rings (SSSR count). The van der Waals surface area contributed by atoms with Crippen molar-refractivity contribution in [2.75, 3.05) is 7.11 Å². The highest BCUT2D eigenvalue weighted by Gasteiger charge is 2.43. The molecule has 0 saturated heterocycles. The molecular formula is C17H12O4. The number of fused-ring (bicyclic) bond motifs is 1. The van der Waals surface area contributed by atoms with E-state index in [2.05, 4.69) is 0 Å². The minimum absolute atomic E-state index is 0.300. The first-order chi connectivity index (χ1) is 10.1. The first-order valence-corrected chi connectivity index (χ1v) is 6.49. The number of benzene rings is 2. The van der Waals surface area contributed by atoms with Crippen LogP contribution in [0.1, 0.15) is 31.1 Å². The van der Waals surface area contributed by atoms with Crippen LogP contribution in [0, 0.1) is 5.92 Å². The van der Waals surface area contributed by atoms with Crippen LogP contribution in [0.15, 0.2) is 48.5 Å². The molecule has 0 aliphatic heterocycles. The predicted molar refractivity (Wildman–Crippen MR) is 75.9 cm³/mol. The third-order valence-electron chi connectivity index (χ3n) is 3.60. The van der Waals surface area contributed by atoms with Crippen LogP contribution in [0.2, 0.25) is 0 Å². The van der Waals surface area contributed by atoms with E-state index in [-0.39, 0.29) is 0 Å². The SMILES string of the molecule is COc1cccc(C(=O)C2C(=O)c3ccccc3C2=O)c1. The van der Waals surface area contributed by atoms with Crippen LogP contribution in [-0.4, -0.2) is 24.5 Å². The Morgan fingerprint density at radius 2 is 1.57 bits per heavy atom. The monoisotopic (exact) mass is 280 g/mol. The standard InChI is InChI=1S/C17H12O4/c1-21-11-6-4-5-10(9-11)15(18)14-16(19)12-7-2-3-8-13(12)17(14)20/h2-9,14H,1H3. The number of methoxy groups -OCH3 is 1. The Hall–Kier alpha value is -2.75. The van der Waals surface area contributed by atoms with E-state index in [1.807, 2.05) is 0 Å². The predicted octanol–water partition coefficient (Wildman–Crippen LogP) is 2.57. The largest absolute Gasteiger partial charge is 0.497 e. The van der Waals surface area contributed by atoms with Gasteiger partial charge in [0.1, 0.15) is 11.7 Å². The highest BCUT2D eigenvalue weighted by molar-refractivity contribution is 6.37. The number of hydrogen-bond acceptors (Lipinski definition) is 4. The van der Waals surface area contributed by atoms with Crippen molar-refractivity contribution in [3.63, 3.8) is 0 Å². The van der Waals surface area contributed by atoms with E-state index >= 15 is 0 Å². The van der Waals surface area contributed by atoms with Gasteiger partial charge in [-0.25, -0.2) is 0 Å². The van der Waals surface area contributed by atoms with E-state index < -0.39 is 23.3 Å². The lowest BCUT2D eigenvalue weighted by Gasteiger charge is -2.07. The number of carbonyl (C=O) groups excluding carboxylic acids is 3. The van der Waals surface area contributed by atoms with Gasteiger partial charge in [-0.3, -0.25) is 14.4 Å². The molecule has 2 aromatic rings. The molecular weight excluding hydrogens is 268 g/mol. The van der Waals surface area contributed by atoms with Gasteiger partial charge in [-0.15, -0.1) is 0 Å². The number of carbonyl (C=O) groups is 3. The molecule has 0 fully saturated rings. The molecule has 0 aromatic heterocycles. The van der Waals surface area contributed by atoms with Crippen molar-refractivity contribution in [3.05, 3.63) is 65.2 Å². The topological polar surface area (TPSA) is 60.4 Å². The summed E-state index contributed by atoms with van der Waals surface area (Å²) in [5, 5.41) is 0. The van der Waals surface area contributed by atoms with Gasteiger partial charge in [0.25, 0.3) is 0 Å². The van der Waals surface area contributed by atoms with Crippen molar-refractivity contribution in [3.8, 4) is 5.75 Å². The highest BCUT2D eigenvalue weighted by Crippen LogP contribution is 2.29. The maximum atomic E-state index is 12.5. The maximum Gasteiger partial charge on any atom is 0.182 e. The summed E-state index contributed by atoms with van der Waals surface area (Å²) in [6.45, 7) is 0. The molecule has 0 N–H and O–H groups in total. The van der Waals surface area contributed by atoms with Crippen LogP contribution in [0.25, 0.3) is 0 Å². The van der Waals surface area contributed by atoms with Gasteiger partial charge in [0.15, 0.2) is 17.3 Å². The summed E-state index contributed by atoms with van der Waals surface area (Å²) in [5.74, 6) is -2.10. The zero-order valence-electron chi connectivity index (χ0n) is 11.3. The van der Waals surface area contributed by atoms with E-state index in [4.69, 9.17) is 4.74 Å². The van der Waals surface area contributed by atoms with Gasteiger partial charge >= 0.3 is 0 Å². The molecule has 0 spiro atoms. The van der Waals surface area contributed by atoms with E-state index in [9.17, 15) is 14.4 Å². The van der Waals surface area contributed by atoms with Crippen LogP contribution in [0.4, 0.5) is 0 Å². The van der Waals surface area contributed by atoms with Crippen LogP contribution in [0.5, 0.6) is 5.75 Å². The molecule has 0 amide bonds. The smallest absolute Gasteiger partial charge is 0.182 e. The summed E-state index contributed by atoms with van der Waals surface area (Å²) in [6, 6.07) is 13.0. The lowest BCUT2D eigenvalue weighted by molar-refractivity contribution is 0.0756. The van der Waals surface area contributed by atoms with Crippen molar-refractivity contribution in [1.29, 1.82) is 0 Å². The van der Waals surface area contributed by atoms with Crippen molar-refractivity contribution < 1.29 is 19.1 Å². The normalized spacial score (nSPS) is 14.1. The van der Waals surface area contributed by atoms with Crippen molar-refractivity contribution in [2.45, 2.75) is 0 Å². The number of rotatable bonds is 3.